The number of aliphatic hydroxyl groups excluding tert-OH is 1. The van der Waals surface area contributed by atoms with Gasteiger partial charge in [0.05, 0.1) is 6.10 Å². The minimum Gasteiger partial charge on any atom is -0.393 e. The smallest absolute Gasteiger partial charge is 0.314 e. The molecule has 0 spiro atoms. The summed E-state index contributed by atoms with van der Waals surface area (Å²) in [7, 11) is 0. The van der Waals surface area contributed by atoms with Gasteiger partial charge in [-0.25, -0.2) is 4.79 Å². The second-order valence-corrected chi connectivity index (χ2v) is 6.16. The molecule has 0 aromatic carbocycles. The Balaban J connectivity index is 1.62. The number of urea groups is 1. The Morgan fingerprint density at radius 2 is 2.37 bits per heavy atom. The molecule has 3 N–H and O–H groups in total. The summed E-state index contributed by atoms with van der Waals surface area (Å²) in [6.45, 7) is 3.42. The van der Waals surface area contributed by atoms with Crippen molar-refractivity contribution in [2.75, 3.05) is 13.1 Å². The summed E-state index contributed by atoms with van der Waals surface area (Å²) in [5, 5.41) is 19.4. The van der Waals surface area contributed by atoms with E-state index in [9.17, 15) is 9.90 Å². The zero-order chi connectivity index (χ0) is 13.7. The van der Waals surface area contributed by atoms with Crippen molar-refractivity contribution in [3.8, 4) is 0 Å². The molecule has 1 saturated carbocycles. The first-order valence-electron chi connectivity index (χ1n) is 6.87. The maximum Gasteiger partial charge on any atom is 0.314 e. The highest BCUT2D eigenvalue weighted by Crippen LogP contribution is 2.24. The molecule has 3 atom stereocenters. The van der Waals surface area contributed by atoms with Gasteiger partial charge in [-0.05, 0) is 53.5 Å². The van der Waals surface area contributed by atoms with E-state index in [1.165, 1.54) is 5.56 Å². The van der Waals surface area contributed by atoms with Gasteiger partial charge in [0.2, 0.25) is 0 Å². The first-order valence-corrected chi connectivity index (χ1v) is 7.81. The molecule has 1 fully saturated rings. The van der Waals surface area contributed by atoms with Gasteiger partial charge in [-0.2, -0.15) is 11.3 Å². The van der Waals surface area contributed by atoms with E-state index in [0.29, 0.717) is 24.9 Å². The van der Waals surface area contributed by atoms with Crippen LogP contribution in [-0.4, -0.2) is 30.3 Å². The van der Waals surface area contributed by atoms with Crippen LogP contribution in [0.1, 0.15) is 37.7 Å². The predicted octanol–water partition coefficient (Wildman–Crippen LogP) is 2.31. The van der Waals surface area contributed by atoms with Gasteiger partial charge in [-0.3, -0.25) is 0 Å². The fourth-order valence-electron chi connectivity index (χ4n) is 2.45. The number of carbonyl (C=O) groups excluding carboxylic acids is 1. The molecule has 106 valence electrons. The largest absolute Gasteiger partial charge is 0.393 e. The lowest BCUT2D eigenvalue weighted by Crippen LogP contribution is -2.39. The molecule has 0 saturated heterocycles. The summed E-state index contributed by atoms with van der Waals surface area (Å²) in [5.41, 5.74) is 1.27. The van der Waals surface area contributed by atoms with E-state index in [-0.39, 0.29) is 12.1 Å². The molecule has 4 nitrogen and oxygen atoms in total. The zero-order valence-electron chi connectivity index (χ0n) is 11.3. The van der Waals surface area contributed by atoms with E-state index in [2.05, 4.69) is 34.4 Å². The van der Waals surface area contributed by atoms with Crippen LogP contribution in [0.15, 0.2) is 16.8 Å². The van der Waals surface area contributed by atoms with Gasteiger partial charge in [0, 0.05) is 13.1 Å². The third-order valence-electron chi connectivity index (χ3n) is 3.75. The Labute approximate surface area is 118 Å². The summed E-state index contributed by atoms with van der Waals surface area (Å²) in [5.74, 6) is 0.764. The number of carbonyl (C=O) groups is 1. The Kier molecular flexibility index (Phi) is 5.22. The van der Waals surface area contributed by atoms with Gasteiger partial charge >= 0.3 is 6.03 Å². The predicted molar refractivity (Wildman–Crippen MR) is 77.5 cm³/mol. The van der Waals surface area contributed by atoms with Gasteiger partial charge in [0.15, 0.2) is 0 Å². The van der Waals surface area contributed by atoms with Crippen molar-refractivity contribution in [1.82, 2.24) is 10.6 Å². The fraction of sp³-hybridized carbons (Fsp3) is 0.643. The highest BCUT2D eigenvalue weighted by molar-refractivity contribution is 7.07. The highest BCUT2D eigenvalue weighted by Gasteiger charge is 2.22. The first kappa shape index (κ1) is 14.3. The number of rotatable bonds is 5. The van der Waals surface area contributed by atoms with E-state index in [1.807, 2.05) is 0 Å². The van der Waals surface area contributed by atoms with E-state index in [1.54, 1.807) is 11.3 Å². The van der Waals surface area contributed by atoms with E-state index in [0.717, 1.165) is 19.3 Å². The first-order chi connectivity index (χ1) is 9.15. The fourth-order valence-corrected chi connectivity index (χ4v) is 3.23. The van der Waals surface area contributed by atoms with Gasteiger partial charge in [0.25, 0.3) is 0 Å². The minimum absolute atomic E-state index is 0.108. The van der Waals surface area contributed by atoms with Crippen molar-refractivity contribution in [3.63, 3.8) is 0 Å². The van der Waals surface area contributed by atoms with Gasteiger partial charge < -0.3 is 15.7 Å². The number of thiophene rings is 1. The van der Waals surface area contributed by atoms with Gasteiger partial charge in [-0.15, -0.1) is 0 Å². The summed E-state index contributed by atoms with van der Waals surface area (Å²) in [4.78, 5) is 11.7. The normalized spacial score (nSPS) is 24.1. The second-order valence-electron chi connectivity index (χ2n) is 5.38. The quantitative estimate of drug-likeness (QED) is 0.776. The number of aliphatic hydroxyl groups is 1. The second kappa shape index (κ2) is 6.91. The molecule has 19 heavy (non-hydrogen) atoms. The lowest BCUT2D eigenvalue weighted by molar-refractivity contribution is 0.177. The van der Waals surface area contributed by atoms with Crippen molar-refractivity contribution in [2.45, 2.75) is 38.2 Å². The zero-order valence-corrected chi connectivity index (χ0v) is 12.1. The number of nitrogens with one attached hydrogen (secondary N) is 2. The van der Waals surface area contributed by atoms with Crippen molar-refractivity contribution in [1.29, 1.82) is 0 Å². The molecule has 1 aromatic rings. The molecule has 2 amide bonds. The van der Waals surface area contributed by atoms with Crippen molar-refractivity contribution >= 4 is 17.4 Å². The Bertz CT molecular complexity index is 394. The van der Waals surface area contributed by atoms with Crippen LogP contribution in [0.2, 0.25) is 0 Å². The van der Waals surface area contributed by atoms with Crippen LogP contribution in [0.3, 0.4) is 0 Å². The van der Waals surface area contributed by atoms with Crippen LogP contribution in [0, 0.1) is 5.92 Å². The Hall–Kier alpha value is -1.07. The monoisotopic (exact) mass is 282 g/mol. The molecule has 2 rings (SSSR count). The van der Waals surface area contributed by atoms with Crippen molar-refractivity contribution in [3.05, 3.63) is 22.4 Å². The highest BCUT2D eigenvalue weighted by atomic mass is 32.1. The SMILES string of the molecule is C[C@H](CNC(=O)NC[C@H]1CC[C@H](O)C1)c1ccsc1. The van der Waals surface area contributed by atoms with Crippen molar-refractivity contribution < 1.29 is 9.90 Å². The molecular formula is C14H22N2O2S. The molecule has 1 aromatic heterocycles. The third kappa shape index (κ3) is 4.51. The molecule has 5 heteroatoms. The lowest BCUT2D eigenvalue weighted by atomic mass is 10.1. The molecular weight excluding hydrogens is 260 g/mol. The van der Waals surface area contributed by atoms with Crippen LogP contribution in [0.5, 0.6) is 0 Å². The maximum atomic E-state index is 11.7. The van der Waals surface area contributed by atoms with Gasteiger partial charge in [0.1, 0.15) is 0 Å². The molecule has 0 bridgehead atoms. The minimum atomic E-state index is -0.173. The summed E-state index contributed by atoms with van der Waals surface area (Å²) >= 11 is 1.68. The average molecular weight is 282 g/mol. The van der Waals surface area contributed by atoms with Crippen LogP contribution in [-0.2, 0) is 0 Å². The molecule has 1 aliphatic rings. The van der Waals surface area contributed by atoms with Crippen LogP contribution in [0.4, 0.5) is 4.79 Å². The van der Waals surface area contributed by atoms with E-state index < -0.39 is 0 Å². The molecule has 0 radical (unpaired) electrons. The van der Waals surface area contributed by atoms with Gasteiger partial charge in [-0.1, -0.05) is 6.92 Å². The van der Waals surface area contributed by atoms with E-state index in [4.69, 9.17) is 0 Å². The Morgan fingerprint density at radius 3 is 3.00 bits per heavy atom. The molecule has 0 aliphatic heterocycles. The molecule has 1 heterocycles. The topological polar surface area (TPSA) is 61.4 Å². The van der Waals surface area contributed by atoms with Crippen LogP contribution >= 0.6 is 11.3 Å². The average Bonchev–Trinajstić information content (AvgIpc) is 3.04. The summed E-state index contributed by atoms with van der Waals surface area (Å²) in [6, 6.07) is 1.98. The number of amides is 2. The summed E-state index contributed by atoms with van der Waals surface area (Å²) in [6.07, 6.45) is 2.51. The summed E-state index contributed by atoms with van der Waals surface area (Å²) < 4.78 is 0. The van der Waals surface area contributed by atoms with Crippen LogP contribution < -0.4 is 10.6 Å². The Morgan fingerprint density at radius 1 is 1.53 bits per heavy atom. The molecule has 0 unspecified atom stereocenters. The van der Waals surface area contributed by atoms with E-state index >= 15 is 0 Å². The lowest BCUT2D eigenvalue weighted by Gasteiger charge is -2.14. The maximum absolute atomic E-state index is 11.7. The number of hydrogen-bond donors (Lipinski definition) is 3. The molecule has 1 aliphatic carbocycles. The van der Waals surface area contributed by atoms with Crippen LogP contribution in [0.25, 0.3) is 0 Å². The standard InChI is InChI=1S/C14H22N2O2S/c1-10(12-4-5-19-9-12)7-15-14(18)16-8-11-2-3-13(17)6-11/h4-5,9-11,13,17H,2-3,6-8H2,1H3,(H2,15,16,18)/t10-,11+,13+/m1/s1. The van der Waals surface area contributed by atoms with Crippen molar-refractivity contribution in [2.24, 2.45) is 5.92 Å². The number of hydrogen-bond acceptors (Lipinski definition) is 3. The third-order valence-corrected chi connectivity index (χ3v) is 4.45.